The number of hydrogen-bond acceptors (Lipinski definition) is 7. The number of rotatable bonds is 6. The van der Waals surface area contributed by atoms with Crippen LogP contribution in [0, 0.1) is 6.92 Å². The number of aryl methyl sites for hydroxylation is 1. The maximum absolute atomic E-state index is 12.6. The van der Waals surface area contributed by atoms with E-state index in [1.165, 1.54) is 11.8 Å². The lowest BCUT2D eigenvalue weighted by Crippen LogP contribution is -2.27. The Morgan fingerprint density at radius 2 is 1.96 bits per heavy atom. The van der Waals surface area contributed by atoms with E-state index in [0.29, 0.717) is 11.7 Å². The number of nitrogens with zero attached hydrogens (tertiary/aromatic N) is 6. The van der Waals surface area contributed by atoms with Gasteiger partial charge in [-0.25, -0.2) is 4.98 Å². The number of para-hydroxylation sites is 2. The zero-order valence-corrected chi connectivity index (χ0v) is 17.1. The van der Waals surface area contributed by atoms with E-state index in [0.717, 1.165) is 26.5 Å². The van der Waals surface area contributed by atoms with Crippen LogP contribution in [0.1, 0.15) is 10.6 Å². The number of tetrazole rings is 1. The van der Waals surface area contributed by atoms with Crippen LogP contribution in [-0.2, 0) is 11.3 Å². The molecule has 9 heteroatoms. The monoisotopic (exact) mass is 410 g/mol. The predicted molar refractivity (Wildman–Crippen MR) is 111 cm³/mol. The zero-order chi connectivity index (χ0) is 19.5. The molecule has 4 aromatic rings. The first-order valence-corrected chi connectivity index (χ1v) is 10.5. The normalized spacial score (nSPS) is 11.1. The number of carbonyl (C=O) groups excluding carboxylic acids is 1. The van der Waals surface area contributed by atoms with Crippen LogP contribution >= 0.6 is 23.1 Å². The number of thioether (sulfide) groups is 1. The summed E-state index contributed by atoms with van der Waals surface area (Å²) >= 11 is 2.94. The summed E-state index contributed by atoms with van der Waals surface area (Å²) in [4.78, 5) is 18.9. The van der Waals surface area contributed by atoms with Gasteiger partial charge in [0, 0.05) is 7.05 Å². The van der Waals surface area contributed by atoms with Gasteiger partial charge in [0.2, 0.25) is 11.1 Å². The average Bonchev–Trinajstić information content (AvgIpc) is 3.32. The number of hydrogen-bond donors (Lipinski definition) is 0. The SMILES string of the molecule is Cc1ccccc1-n1nnnc1SCC(=O)N(C)Cc1nc2ccccc2s1. The summed E-state index contributed by atoms with van der Waals surface area (Å²) in [6.07, 6.45) is 0. The van der Waals surface area contributed by atoms with Crippen molar-refractivity contribution in [1.82, 2.24) is 30.1 Å². The summed E-state index contributed by atoms with van der Waals surface area (Å²) in [7, 11) is 1.79. The molecule has 0 atom stereocenters. The lowest BCUT2D eigenvalue weighted by Gasteiger charge is -2.15. The van der Waals surface area contributed by atoms with Crippen molar-refractivity contribution in [2.24, 2.45) is 0 Å². The van der Waals surface area contributed by atoms with Gasteiger partial charge in [-0.05, 0) is 41.1 Å². The fraction of sp³-hybridized carbons (Fsp3) is 0.211. The summed E-state index contributed by atoms with van der Waals surface area (Å²) < 4.78 is 2.80. The third-order valence-electron chi connectivity index (χ3n) is 4.25. The van der Waals surface area contributed by atoms with Gasteiger partial charge in [-0.1, -0.05) is 42.1 Å². The van der Waals surface area contributed by atoms with Gasteiger partial charge in [0.25, 0.3) is 0 Å². The molecule has 0 saturated heterocycles. The summed E-state index contributed by atoms with van der Waals surface area (Å²) in [6.45, 7) is 2.49. The molecular formula is C19H18N6OS2. The minimum atomic E-state index is 0.00332. The van der Waals surface area contributed by atoms with E-state index in [4.69, 9.17) is 0 Å². The molecule has 0 N–H and O–H groups in total. The number of carbonyl (C=O) groups is 1. The molecule has 0 radical (unpaired) electrons. The third-order valence-corrected chi connectivity index (χ3v) is 6.17. The topological polar surface area (TPSA) is 76.8 Å². The molecule has 7 nitrogen and oxygen atoms in total. The van der Waals surface area contributed by atoms with Crippen molar-refractivity contribution < 1.29 is 4.79 Å². The Bertz CT molecular complexity index is 1090. The zero-order valence-electron chi connectivity index (χ0n) is 15.4. The Hall–Kier alpha value is -2.78. The molecule has 4 rings (SSSR count). The first-order chi connectivity index (χ1) is 13.6. The molecule has 2 aromatic heterocycles. The molecule has 0 aliphatic rings. The van der Waals surface area contributed by atoms with Gasteiger partial charge in [-0.15, -0.1) is 16.4 Å². The van der Waals surface area contributed by atoms with Crippen molar-refractivity contribution in [3.8, 4) is 5.69 Å². The van der Waals surface area contributed by atoms with Crippen molar-refractivity contribution in [3.63, 3.8) is 0 Å². The van der Waals surface area contributed by atoms with Crippen molar-refractivity contribution >= 4 is 39.2 Å². The van der Waals surface area contributed by atoms with Gasteiger partial charge in [0.15, 0.2) is 0 Å². The van der Waals surface area contributed by atoms with Gasteiger partial charge in [-0.2, -0.15) is 4.68 Å². The van der Waals surface area contributed by atoms with E-state index < -0.39 is 0 Å². The molecule has 0 fully saturated rings. The van der Waals surface area contributed by atoms with Crippen LogP contribution in [0.2, 0.25) is 0 Å². The predicted octanol–water partition coefficient (Wildman–Crippen LogP) is 3.33. The van der Waals surface area contributed by atoms with Crippen LogP contribution in [-0.4, -0.2) is 48.8 Å². The maximum atomic E-state index is 12.6. The number of aromatic nitrogens is 5. The summed E-state index contributed by atoms with van der Waals surface area (Å²) in [5.41, 5.74) is 2.94. The fourth-order valence-corrected chi connectivity index (χ4v) is 4.58. The summed E-state index contributed by atoms with van der Waals surface area (Å²) in [6, 6.07) is 15.9. The van der Waals surface area contributed by atoms with Gasteiger partial charge >= 0.3 is 0 Å². The fourth-order valence-electron chi connectivity index (χ4n) is 2.74. The molecule has 1 amide bonds. The Balaban J connectivity index is 1.41. The van der Waals surface area contributed by atoms with E-state index in [1.807, 2.05) is 55.5 Å². The van der Waals surface area contributed by atoms with Crippen LogP contribution in [0.4, 0.5) is 0 Å². The maximum Gasteiger partial charge on any atom is 0.233 e. The Morgan fingerprint density at radius 3 is 2.79 bits per heavy atom. The summed E-state index contributed by atoms with van der Waals surface area (Å²) in [5, 5.41) is 13.4. The van der Waals surface area contributed by atoms with Crippen molar-refractivity contribution in [3.05, 3.63) is 59.1 Å². The molecule has 2 heterocycles. The number of thiazole rings is 1. The van der Waals surface area contributed by atoms with E-state index in [1.54, 1.807) is 28.0 Å². The third kappa shape index (κ3) is 3.90. The van der Waals surface area contributed by atoms with Crippen molar-refractivity contribution in [1.29, 1.82) is 0 Å². The van der Waals surface area contributed by atoms with Gasteiger partial charge < -0.3 is 4.90 Å². The van der Waals surface area contributed by atoms with Gasteiger partial charge in [0.05, 0.1) is 28.2 Å². The standard InChI is InChI=1S/C19H18N6OS2/c1-13-7-3-5-9-15(13)25-19(21-22-23-25)27-12-18(26)24(2)11-17-20-14-8-4-6-10-16(14)28-17/h3-10H,11-12H2,1-2H3. The molecule has 142 valence electrons. The molecule has 0 aliphatic carbocycles. The van der Waals surface area contributed by atoms with E-state index >= 15 is 0 Å². The molecule has 0 bridgehead atoms. The van der Waals surface area contributed by atoms with Gasteiger partial charge in [-0.3, -0.25) is 4.79 Å². The minimum absolute atomic E-state index is 0.00332. The van der Waals surface area contributed by atoms with Crippen LogP contribution in [0.5, 0.6) is 0 Å². The van der Waals surface area contributed by atoms with Crippen molar-refractivity contribution in [2.75, 3.05) is 12.8 Å². The summed E-state index contributed by atoms with van der Waals surface area (Å²) in [5.74, 6) is 0.261. The molecule has 0 aliphatic heterocycles. The first-order valence-electron chi connectivity index (χ1n) is 8.67. The van der Waals surface area contributed by atoms with Crippen LogP contribution < -0.4 is 0 Å². The van der Waals surface area contributed by atoms with Crippen LogP contribution in [0.25, 0.3) is 15.9 Å². The quantitative estimate of drug-likeness (QED) is 0.454. The van der Waals surface area contributed by atoms with Crippen molar-refractivity contribution in [2.45, 2.75) is 18.6 Å². The highest BCUT2D eigenvalue weighted by molar-refractivity contribution is 7.99. The highest BCUT2D eigenvalue weighted by atomic mass is 32.2. The second-order valence-corrected chi connectivity index (χ2v) is 8.33. The number of fused-ring (bicyclic) bond motifs is 1. The Morgan fingerprint density at radius 1 is 1.18 bits per heavy atom. The largest absolute Gasteiger partial charge is 0.338 e. The first kappa shape index (κ1) is 18.6. The second-order valence-electron chi connectivity index (χ2n) is 6.27. The van der Waals surface area contributed by atoms with Gasteiger partial charge in [0.1, 0.15) is 5.01 Å². The Kier molecular flexibility index (Phi) is 5.36. The number of amides is 1. The second kappa shape index (κ2) is 8.07. The smallest absolute Gasteiger partial charge is 0.233 e. The van der Waals surface area contributed by atoms with Crippen LogP contribution in [0.3, 0.4) is 0 Å². The lowest BCUT2D eigenvalue weighted by atomic mass is 10.2. The highest BCUT2D eigenvalue weighted by Crippen LogP contribution is 2.23. The molecular weight excluding hydrogens is 392 g/mol. The Labute approximate surface area is 170 Å². The number of benzene rings is 2. The lowest BCUT2D eigenvalue weighted by molar-refractivity contribution is -0.127. The molecule has 28 heavy (non-hydrogen) atoms. The van der Waals surface area contributed by atoms with Crippen LogP contribution in [0.15, 0.2) is 53.7 Å². The highest BCUT2D eigenvalue weighted by Gasteiger charge is 2.16. The molecule has 0 saturated carbocycles. The molecule has 2 aromatic carbocycles. The minimum Gasteiger partial charge on any atom is -0.338 e. The average molecular weight is 411 g/mol. The van der Waals surface area contributed by atoms with E-state index in [2.05, 4.69) is 20.5 Å². The molecule has 0 unspecified atom stereocenters. The molecule has 0 spiro atoms. The van der Waals surface area contributed by atoms with E-state index in [9.17, 15) is 4.79 Å². The van der Waals surface area contributed by atoms with E-state index in [-0.39, 0.29) is 11.7 Å².